The SMILES string of the molecule is COCOc1cccc2oc(-c3cnc4sc(OC)nn34)cc12. The first-order valence-electron chi connectivity index (χ1n) is 6.83. The van der Waals surface area contributed by atoms with E-state index in [4.69, 9.17) is 18.6 Å². The molecule has 0 atom stereocenters. The van der Waals surface area contributed by atoms with Crippen LogP contribution in [-0.4, -0.2) is 35.6 Å². The van der Waals surface area contributed by atoms with Gasteiger partial charge in [0.25, 0.3) is 5.19 Å². The number of rotatable bonds is 5. The molecule has 1 aromatic carbocycles. The highest BCUT2D eigenvalue weighted by molar-refractivity contribution is 7.18. The van der Waals surface area contributed by atoms with Crippen LogP contribution in [0.3, 0.4) is 0 Å². The van der Waals surface area contributed by atoms with Crippen LogP contribution in [0.5, 0.6) is 10.9 Å². The molecule has 0 saturated carbocycles. The summed E-state index contributed by atoms with van der Waals surface area (Å²) in [6, 6.07) is 7.55. The molecule has 0 saturated heterocycles. The van der Waals surface area contributed by atoms with Crippen LogP contribution in [0.15, 0.2) is 34.9 Å². The average Bonchev–Trinajstić information content (AvgIpc) is 3.25. The Morgan fingerprint density at radius 2 is 2.22 bits per heavy atom. The van der Waals surface area contributed by atoms with Gasteiger partial charge in [-0.2, -0.15) is 4.52 Å². The monoisotopic (exact) mass is 331 g/mol. The van der Waals surface area contributed by atoms with Crippen LogP contribution in [-0.2, 0) is 4.74 Å². The van der Waals surface area contributed by atoms with Gasteiger partial charge < -0.3 is 18.6 Å². The highest BCUT2D eigenvalue weighted by atomic mass is 32.1. The number of benzene rings is 1. The Hall–Kier alpha value is -2.58. The lowest BCUT2D eigenvalue weighted by molar-refractivity contribution is 0.0522. The van der Waals surface area contributed by atoms with E-state index in [0.29, 0.717) is 16.7 Å². The second-order valence-corrected chi connectivity index (χ2v) is 5.66. The number of fused-ring (bicyclic) bond motifs is 2. The quantitative estimate of drug-likeness (QED) is 0.523. The molecule has 4 rings (SSSR count). The summed E-state index contributed by atoms with van der Waals surface area (Å²) in [5.74, 6) is 1.37. The minimum Gasteiger partial charge on any atom is -0.472 e. The Morgan fingerprint density at radius 1 is 1.30 bits per heavy atom. The molecule has 23 heavy (non-hydrogen) atoms. The van der Waals surface area contributed by atoms with Crippen molar-refractivity contribution in [3.05, 3.63) is 30.5 Å². The lowest BCUT2D eigenvalue weighted by Gasteiger charge is -2.04. The first-order valence-corrected chi connectivity index (χ1v) is 7.65. The fraction of sp³-hybridized carbons (Fsp3) is 0.200. The summed E-state index contributed by atoms with van der Waals surface area (Å²) in [5.41, 5.74) is 1.49. The van der Waals surface area contributed by atoms with Crippen LogP contribution in [0.1, 0.15) is 0 Å². The van der Waals surface area contributed by atoms with Crippen LogP contribution in [0, 0.1) is 0 Å². The molecule has 0 aliphatic heterocycles. The van der Waals surface area contributed by atoms with Gasteiger partial charge in [-0.3, -0.25) is 0 Å². The predicted molar refractivity (Wildman–Crippen MR) is 85.1 cm³/mol. The van der Waals surface area contributed by atoms with Crippen LogP contribution in [0.2, 0.25) is 0 Å². The number of ether oxygens (including phenoxy) is 3. The van der Waals surface area contributed by atoms with Crippen molar-refractivity contribution in [3.8, 4) is 22.4 Å². The van der Waals surface area contributed by atoms with Gasteiger partial charge in [-0.15, -0.1) is 5.10 Å². The Balaban J connectivity index is 1.82. The van der Waals surface area contributed by atoms with Crippen molar-refractivity contribution in [3.63, 3.8) is 0 Å². The van der Waals surface area contributed by atoms with Crippen molar-refractivity contribution >= 4 is 27.3 Å². The number of imidazole rings is 1. The Morgan fingerprint density at radius 3 is 3.04 bits per heavy atom. The van der Waals surface area contributed by atoms with E-state index in [1.165, 1.54) is 11.3 Å². The molecule has 0 spiro atoms. The van der Waals surface area contributed by atoms with Crippen LogP contribution >= 0.6 is 11.3 Å². The second-order valence-electron chi connectivity index (χ2n) is 4.74. The molecule has 0 fully saturated rings. The molecule has 3 aromatic heterocycles. The summed E-state index contributed by atoms with van der Waals surface area (Å²) < 4.78 is 23.3. The summed E-state index contributed by atoms with van der Waals surface area (Å²) in [4.78, 5) is 5.08. The third-order valence-corrected chi connectivity index (χ3v) is 4.23. The van der Waals surface area contributed by atoms with Crippen LogP contribution < -0.4 is 9.47 Å². The van der Waals surface area contributed by atoms with Gasteiger partial charge in [0.05, 0.1) is 18.7 Å². The molecule has 0 unspecified atom stereocenters. The van der Waals surface area contributed by atoms with E-state index in [1.54, 1.807) is 24.9 Å². The van der Waals surface area contributed by atoms with Gasteiger partial charge >= 0.3 is 0 Å². The van der Waals surface area contributed by atoms with Gasteiger partial charge in [0.2, 0.25) is 4.96 Å². The summed E-state index contributed by atoms with van der Waals surface area (Å²) >= 11 is 1.37. The highest BCUT2D eigenvalue weighted by Gasteiger charge is 2.17. The fourth-order valence-corrected chi connectivity index (χ4v) is 3.03. The topological polar surface area (TPSA) is 71.0 Å². The molecule has 4 aromatic rings. The van der Waals surface area contributed by atoms with E-state index >= 15 is 0 Å². The summed E-state index contributed by atoms with van der Waals surface area (Å²) in [6.07, 6.45) is 1.73. The van der Waals surface area contributed by atoms with Crippen molar-refractivity contribution in [2.75, 3.05) is 21.0 Å². The first-order chi connectivity index (χ1) is 11.3. The zero-order valence-corrected chi connectivity index (χ0v) is 13.3. The zero-order valence-electron chi connectivity index (χ0n) is 12.5. The van der Waals surface area contributed by atoms with Crippen molar-refractivity contribution in [1.82, 2.24) is 14.6 Å². The lowest BCUT2D eigenvalue weighted by atomic mass is 10.2. The fourth-order valence-electron chi connectivity index (χ4n) is 2.33. The number of hydrogen-bond donors (Lipinski definition) is 0. The van der Waals surface area contributed by atoms with Crippen molar-refractivity contribution < 1.29 is 18.6 Å². The molecule has 0 bridgehead atoms. The second kappa shape index (κ2) is 5.56. The standard InChI is InChI=1S/C15H13N3O4S/c1-19-8-21-11-4-3-5-12-9(11)6-13(22-12)10-7-16-14-18(10)17-15(20-2)23-14/h3-7H,8H2,1-2H3. The molecule has 0 amide bonds. The molecule has 118 valence electrons. The zero-order chi connectivity index (χ0) is 15.8. The summed E-state index contributed by atoms with van der Waals surface area (Å²) in [6.45, 7) is 0.180. The third kappa shape index (κ3) is 2.32. The van der Waals surface area contributed by atoms with E-state index in [0.717, 1.165) is 21.6 Å². The molecule has 7 nitrogen and oxygen atoms in total. The van der Waals surface area contributed by atoms with Crippen molar-refractivity contribution in [2.24, 2.45) is 0 Å². The maximum atomic E-state index is 5.93. The molecule has 0 aliphatic carbocycles. The molecule has 3 heterocycles. The first kappa shape index (κ1) is 14.0. The summed E-state index contributed by atoms with van der Waals surface area (Å²) in [7, 11) is 3.16. The van der Waals surface area contributed by atoms with Gasteiger partial charge in [-0.05, 0) is 29.5 Å². The van der Waals surface area contributed by atoms with Crippen LogP contribution in [0.25, 0.3) is 27.4 Å². The van der Waals surface area contributed by atoms with E-state index in [-0.39, 0.29) is 6.79 Å². The average molecular weight is 331 g/mol. The van der Waals surface area contributed by atoms with Crippen molar-refractivity contribution in [2.45, 2.75) is 0 Å². The van der Waals surface area contributed by atoms with Gasteiger partial charge in [0.15, 0.2) is 12.6 Å². The minimum absolute atomic E-state index is 0.180. The van der Waals surface area contributed by atoms with E-state index in [2.05, 4.69) is 10.1 Å². The van der Waals surface area contributed by atoms with Crippen molar-refractivity contribution in [1.29, 1.82) is 0 Å². The number of methoxy groups -OCH3 is 2. The minimum atomic E-state index is 0.180. The van der Waals surface area contributed by atoms with Gasteiger partial charge in [-0.1, -0.05) is 6.07 Å². The molecular formula is C15H13N3O4S. The lowest BCUT2D eigenvalue weighted by Crippen LogP contribution is -1.98. The number of nitrogens with zero attached hydrogens (tertiary/aromatic N) is 3. The third-order valence-electron chi connectivity index (χ3n) is 3.35. The van der Waals surface area contributed by atoms with E-state index in [1.807, 2.05) is 24.3 Å². The molecule has 0 radical (unpaired) electrons. The van der Waals surface area contributed by atoms with E-state index < -0.39 is 0 Å². The Kier molecular flexibility index (Phi) is 3.40. The Bertz CT molecular complexity index is 972. The molecular weight excluding hydrogens is 318 g/mol. The normalized spacial score (nSPS) is 11.4. The number of furan rings is 1. The molecule has 8 heteroatoms. The van der Waals surface area contributed by atoms with Gasteiger partial charge in [0.1, 0.15) is 17.0 Å². The smallest absolute Gasteiger partial charge is 0.294 e. The highest BCUT2D eigenvalue weighted by Crippen LogP contribution is 2.34. The maximum absolute atomic E-state index is 5.93. The molecule has 0 N–H and O–H groups in total. The maximum Gasteiger partial charge on any atom is 0.294 e. The predicted octanol–water partition coefficient (Wildman–Crippen LogP) is 3.20. The number of hydrogen-bond acceptors (Lipinski definition) is 7. The largest absolute Gasteiger partial charge is 0.472 e. The van der Waals surface area contributed by atoms with Crippen LogP contribution in [0.4, 0.5) is 0 Å². The van der Waals surface area contributed by atoms with Gasteiger partial charge in [-0.25, -0.2) is 4.98 Å². The Labute approximate surface area is 135 Å². The van der Waals surface area contributed by atoms with Gasteiger partial charge in [0, 0.05) is 7.11 Å². The van der Waals surface area contributed by atoms with E-state index in [9.17, 15) is 0 Å². The summed E-state index contributed by atoms with van der Waals surface area (Å²) in [5, 5.41) is 5.77. The number of aromatic nitrogens is 3. The molecule has 0 aliphatic rings.